The number of nitrogens with one attached hydrogen (secondary N) is 2. The smallest absolute Gasteiger partial charge is 0.244 e. The van der Waals surface area contributed by atoms with Gasteiger partial charge in [0.2, 0.25) is 5.95 Å². The first-order valence-corrected chi connectivity index (χ1v) is 7.09. The van der Waals surface area contributed by atoms with Gasteiger partial charge < -0.3 is 10.6 Å². The second-order valence-electron chi connectivity index (χ2n) is 5.28. The maximum Gasteiger partial charge on any atom is 0.244 e. The van der Waals surface area contributed by atoms with Gasteiger partial charge in [0.15, 0.2) is 5.82 Å². The van der Waals surface area contributed by atoms with Crippen LogP contribution in [0, 0.1) is 6.92 Å². The standard InChI is InChI=1S/C15H19N5/c1-11-6-8-13(9-7-11)17-14-10-16-20-15(19-14)18-12-4-2-3-5-12/h6-10,12H,2-5H2,1H3,(H2,17,18,19,20). The van der Waals surface area contributed by atoms with Crippen LogP contribution in [-0.4, -0.2) is 21.2 Å². The van der Waals surface area contributed by atoms with E-state index in [4.69, 9.17) is 0 Å². The number of hydrogen-bond donors (Lipinski definition) is 2. The zero-order chi connectivity index (χ0) is 13.8. The van der Waals surface area contributed by atoms with Crippen molar-refractivity contribution in [2.75, 3.05) is 10.6 Å². The summed E-state index contributed by atoms with van der Waals surface area (Å²) in [5, 5.41) is 14.6. The van der Waals surface area contributed by atoms with Crippen molar-refractivity contribution < 1.29 is 0 Å². The molecule has 2 N–H and O–H groups in total. The summed E-state index contributed by atoms with van der Waals surface area (Å²) in [5.74, 6) is 1.32. The number of rotatable bonds is 4. The lowest BCUT2D eigenvalue weighted by Gasteiger charge is -2.12. The number of aromatic nitrogens is 3. The van der Waals surface area contributed by atoms with E-state index in [2.05, 4.69) is 44.9 Å². The highest BCUT2D eigenvalue weighted by Crippen LogP contribution is 2.21. The van der Waals surface area contributed by atoms with Crippen LogP contribution in [0.25, 0.3) is 0 Å². The Bertz CT molecular complexity index is 561. The Morgan fingerprint density at radius 1 is 1.10 bits per heavy atom. The summed E-state index contributed by atoms with van der Waals surface area (Å²) >= 11 is 0. The first-order chi connectivity index (χ1) is 9.79. The second kappa shape index (κ2) is 5.86. The van der Waals surface area contributed by atoms with Crippen molar-refractivity contribution in [2.45, 2.75) is 38.6 Å². The van der Waals surface area contributed by atoms with Gasteiger partial charge in [-0.2, -0.15) is 10.1 Å². The molecule has 0 radical (unpaired) electrons. The highest BCUT2D eigenvalue weighted by Gasteiger charge is 2.15. The van der Waals surface area contributed by atoms with Gasteiger partial charge in [-0.05, 0) is 31.9 Å². The average Bonchev–Trinajstić information content (AvgIpc) is 2.95. The number of nitrogens with zero attached hydrogens (tertiary/aromatic N) is 3. The van der Waals surface area contributed by atoms with Crippen LogP contribution in [0.3, 0.4) is 0 Å². The second-order valence-corrected chi connectivity index (χ2v) is 5.28. The quantitative estimate of drug-likeness (QED) is 0.892. The molecule has 1 aliphatic carbocycles. The fourth-order valence-electron chi connectivity index (χ4n) is 2.46. The summed E-state index contributed by atoms with van der Waals surface area (Å²) in [6.07, 6.45) is 6.59. The normalized spacial score (nSPS) is 15.2. The molecule has 5 nitrogen and oxygen atoms in total. The summed E-state index contributed by atoms with van der Waals surface area (Å²) in [5.41, 5.74) is 2.24. The fourth-order valence-corrected chi connectivity index (χ4v) is 2.46. The zero-order valence-corrected chi connectivity index (χ0v) is 11.6. The maximum absolute atomic E-state index is 4.46. The molecule has 20 heavy (non-hydrogen) atoms. The first-order valence-electron chi connectivity index (χ1n) is 7.09. The summed E-state index contributed by atoms with van der Waals surface area (Å²) in [4.78, 5) is 4.46. The molecule has 0 spiro atoms. The SMILES string of the molecule is Cc1ccc(Nc2cnnc(NC3CCCC3)n2)cc1. The number of aryl methyl sites for hydroxylation is 1. The van der Waals surface area contributed by atoms with Crippen LogP contribution in [0.4, 0.5) is 17.5 Å². The van der Waals surface area contributed by atoms with Gasteiger partial charge in [-0.1, -0.05) is 30.5 Å². The van der Waals surface area contributed by atoms with Crippen molar-refractivity contribution in [1.82, 2.24) is 15.2 Å². The van der Waals surface area contributed by atoms with E-state index in [-0.39, 0.29) is 0 Å². The van der Waals surface area contributed by atoms with Gasteiger partial charge in [0, 0.05) is 11.7 Å². The van der Waals surface area contributed by atoms with Gasteiger partial charge in [-0.25, -0.2) is 0 Å². The Balaban J connectivity index is 1.68. The third kappa shape index (κ3) is 3.23. The Labute approximate surface area is 118 Å². The number of hydrogen-bond acceptors (Lipinski definition) is 5. The van der Waals surface area contributed by atoms with Crippen molar-refractivity contribution in [3.63, 3.8) is 0 Å². The molecule has 0 unspecified atom stereocenters. The summed E-state index contributed by atoms with van der Waals surface area (Å²) in [6.45, 7) is 2.07. The predicted molar refractivity (Wildman–Crippen MR) is 80.2 cm³/mol. The average molecular weight is 269 g/mol. The molecule has 0 saturated heterocycles. The first kappa shape index (κ1) is 12.8. The van der Waals surface area contributed by atoms with Crippen LogP contribution < -0.4 is 10.6 Å². The molecule has 1 fully saturated rings. The Morgan fingerprint density at radius 3 is 2.60 bits per heavy atom. The molecule has 1 aliphatic rings. The van der Waals surface area contributed by atoms with Crippen LogP contribution in [-0.2, 0) is 0 Å². The third-order valence-corrected chi connectivity index (χ3v) is 3.57. The van der Waals surface area contributed by atoms with Crippen molar-refractivity contribution >= 4 is 17.5 Å². The molecular weight excluding hydrogens is 250 g/mol. The van der Waals surface area contributed by atoms with E-state index in [9.17, 15) is 0 Å². The lowest BCUT2D eigenvalue weighted by molar-refractivity contribution is 0.738. The topological polar surface area (TPSA) is 62.7 Å². The van der Waals surface area contributed by atoms with E-state index in [1.807, 2.05) is 12.1 Å². The van der Waals surface area contributed by atoms with E-state index in [0.717, 1.165) is 5.69 Å². The molecule has 0 bridgehead atoms. The van der Waals surface area contributed by atoms with E-state index >= 15 is 0 Å². The van der Waals surface area contributed by atoms with Crippen LogP contribution in [0.1, 0.15) is 31.2 Å². The molecule has 104 valence electrons. The number of benzene rings is 1. The number of anilines is 3. The monoisotopic (exact) mass is 269 g/mol. The van der Waals surface area contributed by atoms with Gasteiger partial charge >= 0.3 is 0 Å². The predicted octanol–water partition coefficient (Wildman–Crippen LogP) is 3.28. The van der Waals surface area contributed by atoms with Crippen molar-refractivity contribution in [3.05, 3.63) is 36.0 Å². The molecule has 1 aromatic heterocycles. The zero-order valence-electron chi connectivity index (χ0n) is 11.6. The van der Waals surface area contributed by atoms with Crippen LogP contribution >= 0.6 is 0 Å². The molecule has 2 aromatic rings. The molecule has 0 amide bonds. The van der Waals surface area contributed by atoms with E-state index in [1.54, 1.807) is 6.20 Å². The van der Waals surface area contributed by atoms with Gasteiger partial charge in [-0.15, -0.1) is 5.10 Å². The fraction of sp³-hybridized carbons (Fsp3) is 0.400. The largest absolute Gasteiger partial charge is 0.350 e. The third-order valence-electron chi connectivity index (χ3n) is 3.57. The summed E-state index contributed by atoms with van der Waals surface area (Å²) in [7, 11) is 0. The maximum atomic E-state index is 4.46. The van der Waals surface area contributed by atoms with Crippen molar-refractivity contribution in [1.29, 1.82) is 0 Å². The van der Waals surface area contributed by atoms with Gasteiger partial charge in [-0.3, -0.25) is 0 Å². The Morgan fingerprint density at radius 2 is 1.85 bits per heavy atom. The van der Waals surface area contributed by atoms with Gasteiger partial charge in [0.05, 0.1) is 6.20 Å². The molecular formula is C15H19N5. The van der Waals surface area contributed by atoms with Crippen molar-refractivity contribution in [3.8, 4) is 0 Å². The minimum Gasteiger partial charge on any atom is -0.350 e. The van der Waals surface area contributed by atoms with Gasteiger partial charge in [0.25, 0.3) is 0 Å². The molecule has 0 aliphatic heterocycles. The lowest BCUT2D eigenvalue weighted by Crippen LogP contribution is -2.17. The highest BCUT2D eigenvalue weighted by molar-refractivity contribution is 5.56. The minimum absolute atomic E-state index is 0.492. The molecule has 1 aromatic carbocycles. The summed E-state index contributed by atoms with van der Waals surface area (Å²) in [6, 6.07) is 8.68. The van der Waals surface area contributed by atoms with E-state index < -0.39 is 0 Å². The van der Waals surface area contributed by atoms with Crippen LogP contribution in [0.2, 0.25) is 0 Å². The minimum atomic E-state index is 0.492. The molecule has 0 atom stereocenters. The molecule has 3 rings (SSSR count). The Kier molecular flexibility index (Phi) is 3.76. The van der Waals surface area contributed by atoms with Gasteiger partial charge in [0.1, 0.15) is 0 Å². The molecule has 1 heterocycles. The molecule has 5 heteroatoms. The van der Waals surface area contributed by atoms with E-state index in [1.165, 1.54) is 31.2 Å². The lowest BCUT2D eigenvalue weighted by atomic mass is 10.2. The Hall–Kier alpha value is -2.17. The van der Waals surface area contributed by atoms with Crippen LogP contribution in [0.15, 0.2) is 30.5 Å². The van der Waals surface area contributed by atoms with E-state index in [0.29, 0.717) is 17.8 Å². The van der Waals surface area contributed by atoms with Crippen molar-refractivity contribution in [2.24, 2.45) is 0 Å². The summed E-state index contributed by atoms with van der Waals surface area (Å²) < 4.78 is 0. The van der Waals surface area contributed by atoms with Crippen LogP contribution in [0.5, 0.6) is 0 Å². The highest BCUT2D eigenvalue weighted by atomic mass is 15.3. The molecule has 1 saturated carbocycles.